The van der Waals surface area contributed by atoms with E-state index < -0.39 is 0 Å². The average Bonchev–Trinajstić information content (AvgIpc) is 2.50. The maximum Gasteiger partial charge on any atom is 0.246 e. The largest absolute Gasteiger partial charge is 0.324 e. The molecule has 0 aliphatic carbocycles. The quantitative estimate of drug-likeness (QED) is 0.743. The Morgan fingerprint density at radius 1 is 1.50 bits per heavy atom. The standard InChI is InChI=1S/C10H11ClN2O/c1-5-3-4-6(11)7-8(5)13-10(14)9(7)12-2/h3-4,9,12H,1-2H3,(H,13,14). The van der Waals surface area contributed by atoms with Crippen LogP contribution in [0.3, 0.4) is 0 Å². The SMILES string of the molecule is CNC1C(=O)Nc2c(C)ccc(Cl)c21. The summed E-state index contributed by atoms with van der Waals surface area (Å²) in [6.07, 6.45) is 0. The van der Waals surface area contributed by atoms with Gasteiger partial charge in [0.1, 0.15) is 6.04 Å². The summed E-state index contributed by atoms with van der Waals surface area (Å²) in [6.45, 7) is 1.95. The van der Waals surface area contributed by atoms with E-state index in [0.717, 1.165) is 16.8 Å². The zero-order valence-corrected chi connectivity index (χ0v) is 8.77. The summed E-state index contributed by atoms with van der Waals surface area (Å²) in [4.78, 5) is 11.5. The Hall–Kier alpha value is -1.06. The van der Waals surface area contributed by atoms with Gasteiger partial charge in [-0.2, -0.15) is 0 Å². The van der Waals surface area contributed by atoms with Gasteiger partial charge in [0.05, 0.1) is 5.69 Å². The second-order valence-electron chi connectivity index (χ2n) is 3.36. The maximum absolute atomic E-state index is 11.5. The van der Waals surface area contributed by atoms with Gasteiger partial charge >= 0.3 is 0 Å². The number of hydrogen-bond donors (Lipinski definition) is 2. The van der Waals surface area contributed by atoms with Crippen LogP contribution in [0.1, 0.15) is 17.2 Å². The molecule has 2 rings (SSSR count). The van der Waals surface area contributed by atoms with Crippen molar-refractivity contribution in [3.05, 3.63) is 28.3 Å². The van der Waals surface area contributed by atoms with Crippen LogP contribution in [0, 0.1) is 6.92 Å². The summed E-state index contributed by atoms with van der Waals surface area (Å²) in [6, 6.07) is 3.40. The zero-order valence-electron chi connectivity index (χ0n) is 8.02. The molecule has 1 heterocycles. The van der Waals surface area contributed by atoms with Gasteiger partial charge in [0.15, 0.2) is 0 Å². The van der Waals surface area contributed by atoms with Crippen LogP contribution in [0.5, 0.6) is 0 Å². The fourth-order valence-corrected chi connectivity index (χ4v) is 2.02. The minimum Gasteiger partial charge on any atom is -0.324 e. The Kier molecular flexibility index (Phi) is 2.21. The number of rotatable bonds is 1. The molecule has 1 aromatic carbocycles. The number of amides is 1. The molecule has 4 heteroatoms. The van der Waals surface area contributed by atoms with Gasteiger partial charge in [-0.3, -0.25) is 4.79 Å². The number of halogens is 1. The first-order chi connectivity index (χ1) is 6.65. The average molecular weight is 211 g/mol. The van der Waals surface area contributed by atoms with Crippen molar-refractivity contribution >= 4 is 23.2 Å². The molecule has 3 nitrogen and oxygen atoms in total. The van der Waals surface area contributed by atoms with Crippen LogP contribution < -0.4 is 10.6 Å². The van der Waals surface area contributed by atoms with Crippen LogP contribution in [-0.4, -0.2) is 13.0 Å². The summed E-state index contributed by atoms with van der Waals surface area (Å²) in [7, 11) is 1.75. The number of carbonyl (C=O) groups excluding carboxylic acids is 1. The summed E-state index contributed by atoms with van der Waals surface area (Å²) < 4.78 is 0. The molecule has 1 aliphatic rings. The molecule has 0 aromatic heterocycles. The first kappa shape index (κ1) is 9.49. The van der Waals surface area contributed by atoms with Crippen LogP contribution in [0.2, 0.25) is 5.02 Å². The summed E-state index contributed by atoms with van der Waals surface area (Å²) in [5, 5.41) is 6.39. The first-order valence-corrected chi connectivity index (χ1v) is 4.80. The molecule has 0 radical (unpaired) electrons. The molecule has 1 aliphatic heterocycles. The molecule has 0 saturated heterocycles. The lowest BCUT2D eigenvalue weighted by molar-refractivity contribution is -0.117. The molecule has 74 valence electrons. The summed E-state index contributed by atoms with van der Waals surface area (Å²) in [5.74, 6) is -0.0429. The Bertz CT molecular complexity index is 403. The van der Waals surface area contributed by atoms with Crippen molar-refractivity contribution in [3.8, 4) is 0 Å². The van der Waals surface area contributed by atoms with Crippen LogP contribution in [-0.2, 0) is 4.79 Å². The number of anilines is 1. The van der Waals surface area contributed by atoms with E-state index in [1.165, 1.54) is 0 Å². The molecular weight excluding hydrogens is 200 g/mol. The summed E-state index contributed by atoms with van der Waals surface area (Å²) >= 11 is 6.05. The van der Waals surface area contributed by atoms with E-state index in [1.807, 2.05) is 19.1 Å². The van der Waals surface area contributed by atoms with Gasteiger partial charge in [-0.25, -0.2) is 0 Å². The molecule has 0 saturated carbocycles. The Balaban J connectivity index is 2.62. The third kappa shape index (κ3) is 1.21. The lowest BCUT2D eigenvalue weighted by Crippen LogP contribution is -2.23. The number of nitrogens with one attached hydrogen (secondary N) is 2. The molecule has 14 heavy (non-hydrogen) atoms. The highest BCUT2D eigenvalue weighted by Crippen LogP contribution is 2.38. The molecule has 1 amide bonds. The van der Waals surface area contributed by atoms with Gasteiger partial charge in [-0.15, -0.1) is 0 Å². The Morgan fingerprint density at radius 3 is 2.86 bits per heavy atom. The van der Waals surface area contributed by atoms with Gasteiger partial charge in [0, 0.05) is 10.6 Å². The van der Waals surface area contributed by atoms with E-state index >= 15 is 0 Å². The fourth-order valence-electron chi connectivity index (χ4n) is 1.75. The van der Waals surface area contributed by atoms with Crippen molar-refractivity contribution in [2.75, 3.05) is 12.4 Å². The zero-order chi connectivity index (χ0) is 10.3. The molecule has 1 atom stereocenters. The van der Waals surface area contributed by atoms with Gasteiger partial charge in [-0.05, 0) is 25.6 Å². The van der Waals surface area contributed by atoms with Gasteiger partial charge in [-0.1, -0.05) is 17.7 Å². The maximum atomic E-state index is 11.5. The fraction of sp³-hybridized carbons (Fsp3) is 0.300. The summed E-state index contributed by atoms with van der Waals surface area (Å²) in [5.41, 5.74) is 2.75. The third-order valence-corrected chi connectivity index (χ3v) is 2.82. The number of benzene rings is 1. The lowest BCUT2D eigenvalue weighted by atomic mass is 10.1. The highest BCUT2D eigenvalue weighted by molar-refractivity contribution is 6.32. The normalized spacial score (nSPS) is 19.4. The number of fused-ring (bicyclic) bond motifs is 1. The van der Waals surface area contributed by atoms with Crippen LogP contribution >= 0.6 is 11.6 Å². The van der Waals surface area contributed by atoms with E-state index in [9.17, 15) is 4.79 Å². The Labute approximate surface area is 87.4 Å². The van der Waals surface area contributed by atoms with Gasteiger partial charge in [0.25, 0.3) is 0 Å². The second-order valence-corrected chi connectivity index (χ2v) is 3.77. The van der Waals surface area contributed by atoms with E-state index in [2.05, 4.69) is 10.6 Å². The van der Waals surface area contributed by atoms with Crippen molar-refractivity contribution in [2.45, 2.75) is 13.0 Å². The van der Waals surface area contributed by atoms with Crippen LogP contribution in [0.15, 0.2) is 12.1 Å². The van der Waals surface area contributed by atoms with Crippen molar-refractivity contribution < 1.29 is 4.79 Å². The second kappa shape index (κ2) is 3.26. The number of aryl methyl sites for hydroxylation is 1. The minimum atomic E-state index is -0.322. The van der Waals surface area contributed by atoms with Gasteiger partial charge < -0.3 is 10.6 Å². The van der Waals surface area contributed by atoms with Crippen molar-refractivity contribution in [3.63, 3.8) is 0 Å². The first-order valence-electron chi connectivity index (χ1n) is 4.42. The molecule has 2 N–H and O–H groups in total. The lowest BCUT2D eigenvalue weighted by Gasteiger charge is -2.09. The Morgan fingerprint density at radius 2 is 2.21 bits per heavy atom. The molecular formula is C10H11ClN2O. The predicted octanol–water partition coefficient (Wildman–Crippen LogP) is 1.86. The molecule has 0 bridgehead atoms. The van der Waals surface area contributed by atoms with Crippen molar-refractivity contribution in [2.24, 2.45) is 0 Å². The van der Waals surface area contributed by atoms with Crippen LogP contribution in [0.25, 0.3) is 0 Å². The monoisotopic (exact) mass is 210 g/mol. The van der Waals surface area contributed by atoms with Crippen LogP contribution in [0.4, 0.5) is 5.69 Å². The van der Waals surface area contributed by atoms with E-state index in [0.29, 0.717) is 5.02 Å². The van der Waals surface area contributed by atoms with Crippen molar-refractivity contribution in [1.29, 1.82) is 0 Å². The smallest absolute Gasteiger partial charge is 0.246 e. The molecule has 0 spiro atoms. The topological polar surface area (TPSA) is 41.1 Å². The van der Waals surface area contributed by atoms with E-state index in [1.54, 1.807) is 7.05 Å². The van der Waals surface area contributed by atoms with E-state index in [4.69, 9.17) is 11.6 Å². The molecule has 0 fully saturated rings. The van der Waals surface area contributed by atoms with E-state index in [-0.39, 0.29) is 11.9 Å². The number of likely N-dealkylation sites (N-methyl/N-ethyl adjacent to an activating group) is 1. The van der Waals surface area contributed by atoms with Crippen molar-refractivity contribution in [1.82, 2.24) is 5.32 Å². The predicted molar refractivity (Wildman–Crippen MR) is 56.6 cm³/mol. The highest BCUT2D eigenvalue weighted by atomic mass is 35.5. The molecule has 1 aromatic rings. The minimum absolute atomic E-state index is 0.0429. The third-order valence-electron chi connectivity index (χ3n) is 2.49. The number of hydrogen-bond acceptors (Lipinski definition) is 2. The van der Waals surface area contributed by atoms with Gasteiger partial charge in [0.2, 0.25) is 5.91 Å². The number of carbonyl (C=O) groups is 1. The highest BCUT2D eigenvalue weighted by Gasteiger charge is 2.32. The molecule has 1 unspecified atom stereocenters.